The predicted molar refractivity (Wildman–Crippen MR) is 65.3 cm³/mol. The van der Waals surface area contributed by atoms with E-state index in [2.05, 4.69) is 15.9 Å². The van der Waals surface area contributed by atoms with Crippen LogP contribution in [0.25, 0.3) is 0 Å². The highest BCUT2D eigenvalue weighted by Gasteiger charge is 2.34. The fourth-order valence-electron chi connectivity index (χ4n) is 1.41. The van der Waals surface area contributed by atoms with Gasteiger partial charge in [-0.3, -0.25) is 4.79 Å². The third-order valence-corrected chi connectivity index (χ3v) is 2.65. The molecule has 1 unspecified atom stereocenters. The molecule has 0 bridgehead atoms. The van der Waals surface area contributed by atoms with Crippen LogP contribution in [0.3, 0.4) is 0 Å². The van der Waals surface area contributed by atoms with Gasteiger partial charge in [0.1, 0.15) is 5.75 Å². The van der Waals surface area contributed by atoms with E-state index in [1.54, 1.807) is 13.8 Å². The zero-order chi connectivity index (χ0) is 13.9. The third-order valence-electron chi connectivity index (χ3n) is 2.23. The topological polar surface area (TPSA) is 26.3 Å². The SMILES string of the molecule is CCOc1cc(C(=O)C(C)Br)ccc1C(F)(F)F. The van der Waals surface area contributed by atoms with Crippen molar-refractivity contribution >= 4 is 21.7 Å². The Morgan fingerprint density at radius 3 is 2.50 bits per heavy atom. The summed E-state index contributed by atoms with van der Waals surface area (Å²) in [7, 11) is 0. The molecule has 1 aromatic rings. The fourth-order valence-corrected chi connectivity index (χ4v) is 1.68. The van der Waals surface area contributed by atoms with Crippen molar-refractivity contribution in [2.75, 3.05) is 6.61 Å². The molecule has 0 fully saturated rings. The molecule has 18 heavy (non-hydrogen) atoms. The molecule has 0 amide bonds. The minimum absolute atomic E-state index is 0.102. The lowest BCUT2D eigenvalue weighted by molar-refractivity contribution is -0.138. The van der Waals surface area contributed by atoms with Crippen LogP contribution in [0.15, 0.2) is 18.2 Å². The predicted octanol–water partition coefficient (Wildman–Crippen LogP) is 4.07. The van der Waals surface area contributed by atoms with Gasteiger partial charge in [0, 0.05) is 5.56 Å². The van der Waals surface area contributed by atoms with Crippen molar-refractivity contribution in [2.45, 2.75) is 24.9 Å². The second kappa shape index (κ2) is 5.73. The van der Waals surface area contributed by atoms with Gasteiger partial charge in [0.15, 0.2) is 5.78 Å². The molecule has 0 N–H and O–H groups in total. The van der Waals surface area contributed by atoms with Crippen LogP contribution in [-0.2, 0) is 6.18 Å². The number of Topliss-reactive ketones (excluding diaryl/α,β-unsaturated/α-hetero) is 1. The molecule has 0 radical (unpaired) electrons. The highest BCUT2D eigenvalue weighted by Crippen LogP contribution is 2.37. The largest absolute Gasteiger partial charge is 0.493 e. The summed E-state index contributed by atoms with van der Waals surface area (Å²) in [5.41, 5.74) is -0.682. The minimum Gasteiger partial charge on any atom is -0.493 e. The average molecular weight is 325 g/mol. The lowest BCUT2D eigenvalue weighted by Gasteiger charge is -2.14. The molecule has 6 heteroatoms. The summed E-state index contributed by atoms with van der Waals surface area (Å²) >= 11 is 3.09. The standard InChI is InChI=1S/C12H12BrF3O2/c1-3-18-10-6-8(11(17)7(2)13)4-5-9(10)12(14,15)16/h4-7H,3H2,1-2H3. The number of ketones is 1. The van der Waals surface area contributed by atoms with Crippen molar-refractivity contribution in [1.29, 1.82) is 0 Å². The van der Waals surface area contributed by atoms with E-state index < -0.39 is 16.6 Å². The first-order chi connectivity index (χ1) is 8.27. The zero-order valence-electron chi connectivity index (χ0n) is 9.84. The molecule has 0 spiro atoms. The lowest BCUT2D eigenvalue weighted by atomic mass is 10.1. The van der Waals surface area contributed by atoms with Crippen molar-refractivity contribution in [1.82, 2.24) is 0 Å². The van der Waals surface area contributed by atoms with E-state index in [0.717, 1.165) is 18.2 Å². The highest BCUT2D eigenvalue weighted by molar-refractivity contribution is 9.10. The van der Waals surface area contributed by atoms with Gasteiger partial charge in [0.2, 0.25) is 0 Å². The maximum absolute atomic E-state index is 12.7. The Morgan fingerprint density at radius 1 is 1.44 bits per heavy atom. The summed E-state index contributed by atoms with van der Waals surface area (Å²) in [5, 5.41) is 0. The minimum atomic E-state index is -4.49. The first-order valence-electron chi connectivity index (χ1n) is 5.29. The molecule has 0 aliphatic heterocycles. The Hall–Kier alpha value is -1.04. The molecule has 0 saturated heterocycles. The first-order valence-corrected chi connectivity index (χ1v) is 6.21. The van der Waals surface area contributed by atoms with E-state index in [1.165, 1.54) is 0 Å². The summed E-state index contributed by atoms with van der Waals surface area (Å²) in [6.45, 7) is 3.30. The van der Waals surface area contributed by atoms with Gasteiger partial charge in [-0.25, -0.2) is 0 Å². The van der Waals surface area contributed by atoms with Crippen molar-refractivity contribution in [2.24, 2.45) is 0 Å². The van der Waals surface area contributed by atoms with Gasteiger partial charge in [-0.1, -0.05) is 22.0 Å². The summed E-state index contributed by atoms with van der Waals surface area (Å²) in [4.78, 5) is 11.2. The van der Waals surface area contributed by atoms with Crippen LogP contribution >= 0.6 is 15.9 Å². The van der Waals surface area contributed by atoms with Crippen LogP contribution in [0.5, 0.6) is 5.75 Å². The Morgan fingerprint density at radius 2 is 2.06 bits per heavy atom. The van der Waals surface area contributed by atoms with Gasteiger partial charge in [-0.15, -0.1) is 0 Å². The van der Waals surface area contributed by atoms with Crippen molar-refractivity contribution < 1.29 is 22.7 Å². The zero-order valence-corrected chi connectivity index (χ0v) is 11.4. The number of halogens is 4. The Bertz CT molecular complexity index is 441. The van der Waals surface area contributed by atoms with Crippen LogP contribution in [0.4, 0.5) is 13.2 Å². The molecule has 0 aliphatic carbocycles. The van der Waals surface area contributed by atoms with E-state index >= 15 is 0 Å². The van der Waals surface area contributed by atoms with Crippen LogP contribution in [0.2, 0.25) is 0 Å². The van der Waals surface area contributed by atoms with Crippen LogP contribution in [0, 0.1) is 0 Å². The van der Waals surface area contributed by atoms with E-state index in [-0.39, 0.29) is 23.7 Å². The van der Waals surface area contributed by atoms with Crippen molar-refractivity contribution in [3.05, 3.63) is 29.3 Å². The molecule has 0 heterocycles. The lowest BCUT2D eigenvalue weighted by Crippen LogP contribution is -2.13. The van der Waals surface area contributed by atoms with E-state index in [4.69, 9.17) is 4.74 Å². The van der Waals surface area contributed by atoms with Crippen LogP contribution in [-0.4, -0.2) is 17.2 Å². The Kier molecular flexibility index (Phi) is 4.78. The quantitative estimate of drug-likeness (QED) is 0.616. The van der Waals surface area contributed by atoms with E-state index in [9.17, 15) is 18.0 Å². The van der Waals surface area contributed by atoms with Gasteiger partial charge < -0.3 is 4.74 Å². The number of alkyl halides is 4. The molecule has 1 aromatic carbocycles. The molecule has 1 rings (SSSR count). The maximum Gasteiger partial charge on any atom is 0.419 e. The second-order valence-electron chi connectivity index (χ2n) is 3.62. The molecule has 2 nitrogen and oxygen atoms in total. The van der Waals surface area contributed by atoms with Crippen LogP contribution in [0.1, 0.15) is 29.8 Å². The molecular weight excluding hydrogens is 313 g/mol. The second-order valence-corrected chi connectivity index (χ2v) is 5.00. The third kappa shape index (κ3) is 3.48. The molecule has 0 saturated carbocycles. The summed E-state index contributed by atoms with van der Waals surface area (Å²) in [5.74, 6) is -0.603. The van der Waals surface area contributed by atoms with Gasteiger partial charge >= 0.3 is 6.18 Å². The normalized spacial score (nSPS) is 13.2. The summed E-state index contributed by atoms with van der Waals surface area (Å²) in [6, 6.07) is 3.16. The molecule has 0 aliphatic rings. The smallest absolute Gasteiger partial charge is 0.419 e. The molecule has 100 valence electrons. The molecule has 0 aromatic heterocycles. The van der Waals surface area contributed by atoms with Gasteiger partial charge in [0.25, 0.3) is 0 Å². The van der Waals surface area contributed by atoms with Crippen molar-refractivity contribution in [3.8, 4) is 5.75 Å². The van der Waals surface area contributed by atoms with Gasteiger partial charge in [0.05, 0.1) is 17.0 Å². The number of carbonyl (C=O) groups excluding carboxylic acids is 1. The summed E-state index contributed by atoms with van der Waals surface area (Å²) < 4.78 is 43.0. The van der Waals surface area contributed by atoms with Gasteiger partial charge in [-0.2, -0.15) is 13.2 Å². The number of ether oxygens (including phenoxy) is 1. The highest BCUT2D eigenvalue weighted by atomic mass is 79.9. The summed E-state index contributed by atoms with van der Waals surface area (Å²) in [6.07, 6.45) is -4.49. The molecule has 1 atom stereocenters. The van der Waals surface area contributed by atoms with E-state index in [1.807, 2.05) is 0 Å². The molecular formula is C12H12BrF3O2. The number of hydrogen-bond donors (Lipinski definition) is 0. The van der Waals surface area contributed by atoms with Crippen molar-refractivity contribution in [3.63, 3.8) is 0 Å². The Balaban J connectivity index is 3.23. The number of carbonyl (C=O) groups is 1. The monoisotopic (exact) mass is 324 g/mol. The van der Waals surface area contributed by atoms with Gasteiger partial charge in [-0.05, 0) is 26.0 Å². The number of hydrogen-bond acceptors (Lipinski definition) is 2. The van der Waals surface area contributed by atoms with Crippen LogP contribution < -0.4 is 4.74 Å². The first kappa shape index (κ1) is 15.0. The number of rotatable bonds is 4. The fraction of sp³-hybridized carbons (Fsp3) is 0.417. The van der Waals surface area contributed by atoms with E-state index in [0.29, 0.717) is 0 Å². The Labute approximate surface area is 111 Å². The average Bonchev–Trinajstić information content (AvgIpc) is 2.26. The number of benzene rings is 1. The maximum atomic E-state index is 12.7.